The fourth-order valence-corrected chi connectivity index (χ4v) is 0.170. The lowest BCUT2D eigenvalue weighted by Crippen LogP contribution is -2.04. The predicted molar refractivity (Wildman–Crippen MR) is 28.2 cm³/mol. The first-order chi connectivity index (χ1) is 3.63. The minimum absolute atomic E-state index is 0.502. The Bertz CT molecular complexity index is 81.4. The van der Waals surface area contributed by atoms with E-state index in [4.69, 9.17) is 11.6 Å². The topological polar surface area (TPSA) is 35.5 Å². The molecule has 0 aromatic heterocycles. The Morgan fingerprint density at radius 2 is 2.25 bits per heavy atom. The van der Waals surface area contributed by atoms with Gasteiger partial charge >= 0.3 is 5.97 Å². The third kappa shape index (κ3) is 5.72. The van der Waals surface area contributed by atoms with Crippen molar-refractivity contribution in [2.24, 2.45) is 0 Å². The Kier molecular flexibility index (Phi) is 3.56. The molecule has 0 fully saturated rings. The first-order valence-corrected chi connectivity index (χ1v) is 2.54. The van der Waals surface area contributed by atoms with Crippen molar-refractivity contribution in [1.82, 2.24) is 0 Å². The van der Waals surface area contributed by atoms with E-state index in [9.17, 15) is 4.79 Å². The quantitative estimate of drug-likeness (QED) is 0.325. The second-order valence-electron chi connectivity index (χ2n) is 1.21. The van der Waals surface area contributed by atoms with Gasteiger partial charge in [0.25, 0.3) is 0 Å². The monoisotopic (exact) mass is 138 g/mol. The molecule has 0 radical (unpaired) electrons. The van der Waals surface area contributed by atoms with Crippen LogP contribution >= 0.6 is 11.6 Å². The van der Waals surface area contributed by atoms with Crippen LogP contribution in [0.2, 0.25) is 0 Å². The lowest BCUT2D eigenvalue weighted by atomic mass is 10.8. The summed E-state index contributed by atoms with van der Waals surface area (Å²) in [4.78, 5) is 18.2. The predicted octanol–water partition coefficient (Wildman–Crippen LogP) is 1.07. The maximum atomic E-state index is 9.94. The fourth-order valence-electron chi connectivity index (χ4n) is 0.134. The van der Waals surface area contributed by atoms with Crippen LogP contribution in [0.1, 0.15) is 13.8 Å². The Morgan fingerprint density at radius 1 is 1.75 bits per heavy atom. The molecule has 1 unspecified atom stereocenters. The number of halogens is 1. The molecule has 0 aliphatic heterocycles. The molecule has 0 bridgehead atoms. The van der Waals surface area contributed by atoms with E-state index in [0.717, 1.165) is 0 Å². The summed E-state index contributed by atoms with van der Waals surface area (Å²) in [5, 5.41) is 0. The molecule has 0 aromatic carbocycles. The van der Waals surface area contributed by atoms with Crippen molar-refractivity contribution in [3.05, 3.63) is 0 Å². The molecule has 0 aliphatic rings. The van der Waals surface area contributed by atoms with E-state index in [1.54, 1.807) is 6.92 Å². The van der Waals surface area contributed by atoms with Crippen LogP contribution in [0.25, 0.3) is 0 Å². The highest BCUT2D eigenvalue weighted by molar-refractivity contribution is 6.19. The van der Waals surface area contributed by atoms with Crippen molar-refractivity contribution >= 4 is 17.6 Å². The molecular weight excluding hydrogens is 131 g/mol. The van der Waals surface area contributed by atoms with Gasteiger partial charge in [-0.25, -0.2) is 4.79 Å². The molecule has 0 heterocycles. The van der Waals surface area contributed by atoms with Crippen LogP contribution in [-0.4, -0.2) is 11.5 Å². The zero-order valence-electron chi connectivity index (χ0n) is 4.68. The third-order valence-corrected chi connectivity index (χ3v) is 0.371. The molecule has 0 aliphatic carbocycles. The summed E-state index contributed by atoms with van der Waals surface area (Å²) in [6.07, 6.45) is 0. The van der Waals surface area contributed by atoms with Crippen LogP contribution < -0.4 is 0 Å². The molecule has 3 nitrogen and oxygen atoms in total. The molecule has 0 amide bonds. The van der Waals surface area contributed by atoms with E-state index in [1.165, 1.54) is 6.92 Å². The summed E-state index contributed by atoms with van der Waals surface area (Å²) in [7, 11) is 0. The number of hydrogen-bond acceptors (Lipinski definition) is 3. The normalized spacial score (nSPS) is 12.9. The van der Waals surface area contributed by atoms with Gasteiger partial charge in [0, 0.05) is 6.92 Å². The minimum Gasteiger partial charge on any atom is -0.297 e. The standard InChI is InChI=1S/C4H7ClO3/c1-3(5)7-8-4(2)6/h3H,1-2H3. The van der Waals surface area contributed by atoms with E-state index in [0.29, 0.717) is 0 Å². The van der Waals surface area contributed by atoms with Crippen molar-refractivity contribution in [3.63, 3.8) is 0 Å². The highest BCUT2D eigenvalue weighted by Crippen LogP contribution is 1.95. The molecule has 0 aromatic rings. The summed E-state index contributed by atoms with van der Waals surface area (Å²) in [5.74, 6) is -0.502. The summed E-state index contributed by atoms with van der Waals surface area (Å²) in [6, 6.07) is 0. The average molecular weight is 139 g/mol. The first kappa shape index (κ1) is 7.72. The smallest absolute Gasteiger partial charge is 0.297 e. The van der Waals surface area contributed by atoms with Gasteiger partial charge in [-0.15, -0.1) is 0 Å². The molecule has 0 saturated heterocycles. The summed E-state index contributed by atoms with van der Waals surface area (Å²) < 4.78 is 0. The summed E-state index contributed by atoms with van der Waals surface area (Å²) in [5.41, 5.74) is -0.584. The van der Waals surface area contributed by atoms with Gasteiger partial charge in [-0.1, -0.05) is 11.6 Å². The van der Waals surface area contributed by atoms with Crippen molar-refractivity contribution < 1.29 is 14.6 Å². The van der Waals surface area contributed by atoms with Crippen molar-refractivity contribution in [1.29, 1.82) is 0 Å². The lowest BCUT2D eigenvalue weighted by molar-refractivity contribution is -0.277. The van der Waals surface area contributed by atoms with Crippen molar-refractivity contribution in [2.45, 2.75) is 19.4 Å². The molecule has 0 spiro atoms. The molecule has 1 atom stereocenters. The van der Waals surface area contributed by atoms with Gasteiger partial charge in [-0.2, -0.15) is 4.89 Å². The van der Waals surface area contributed by atoms with E-state index in [2.05, 4.69) is 9.78 Å². The maximum Gasteiger partial charge on any atom is 0.339 e. The Morgan fingerprint density at radius 3 is 2.38 bits per heavy atom. The van der Waals surface area contributed by atoms with Crippen molar-refractivity contribution in [3.8, 4) is 0 Å². The van der Waals surface area contributed by atoms with Crippen LogP contribution in [0.5, 0.6) is 0 Å². The van der Waals surface area contributed by atoms with E-state index in [-0.39, 0.29) is 0 Å². The fraction of sp³-hybridized carbons (Fsp3) is 0.750. The Labute approximate surface area is 52.5 Å². The lowest BCUT2D eigenvalue weighted by Gasteiger charge is -1.99. The number of carbonyl (C=O) groups excluding carboxylic acids is 1. The van der Waals surface area contributed by atoms with Gasteiger partial charge in [-0.05, 0) is 6.92 Å². The molecular formula is C4H7ClO3. The van der Waals surface area contributed by atoms with Crippen molar-refractivity contribution in [2.75, 3.05) is 0 Å². The number of carbonyl (C=O) groups is 1. The summed E-state index contributed by atoms with van der Waals surface area (Å²) >= 11 is 5.22. The molecule has 0 saturated carbocycles. The van der Waals surface area contributed by atoms with Crippen LogP contribution in [0, 0.1) is 0 Å². The van der Waals surface area contributed by atoms with Crippen LogP contribution in [0.4, 0.5) is 0 Å². The highest BCUT2D eigenvalue weighted by atomic mass is 35.5. The minimum atomic E-state index is -0.584. The second-order valence-corrected chi connectivity index (χ2v) is 1.83. The molecule has 0 N–H and O–H groups in total. The van der Waals surface area contributed by atoms with Gasteiger partial charge in [-0.3, -0.25) is 4.89 Å². The number of alkyl halides is 1. The third-order valence-electron chi connectivity index (χ3n) is 0.298. The van der Waals surface area contributed by atoms with Gasteiger partial charge in [0.05, 0.1) is 0 Å². The zero-order chi connectivity index (χ0) is 6.57. The van der Waals surface area contributed by atoms with Gasteiger partial charge in [0.1, 0.15) is 0 Å². The average Bonchev–Trinajstić information content (AvgIpc) is 1.61. The van der Waals surface area contributed by atoms with Gasteiger partial charge < -0.3 is 0 Å². The number of rotatable bonds is 2. The summed E-state index contributed by atoms with van der Waals surface area (Å²) in [6.45, 7) is 2.78. The van der Waals surface area contributed by atoms with Gasteiger partial charge in [0.15, 0.2) is 5.56 Å². The van der Waals surface area contributed by atoms with E-state index in [1.807, 2.05) is 0 Å². The van der Waals surface area contributed by atoms with E-state index >= 15 is 0 Å². The van der Waals surface area contributed by atoms with Crippen LogP contribution in [-0.2, 0) is 14.6 Å². The Hall–Kier alpha value is -0.280. The first-order valence-electron chi connectivity index (χ1n) is 2.11. The molecule has 48 valence electrons. The maximum absolute atomic E-state index is 9.94. The molecule has 4 heteroatoms. The zero-order valence-corrected chi connectivity index (χ0v) is 5.44. The molecule has 8 heavy (non-hydrogen) atoms. The van der Waals surface area contributed by atoms with E-state index < -0.39 is 11.5 Å². The molecule has 0 rings (SSSR count). The SMILES string of the molecule is CC(=O)OOC(C)Cl. The largest absolute Gasteiger partial charge is 0.339 e. The highest BCUT2D eigenvalue weighted by Gasteiger charge is 1.97. The van der Waals surface area contributed by atoms with Crippen LogP contribution in [0.3, 0.4) is 0 Å². The van der Waals surface area contributed by atoms with Crippen LogP contribution in [0.15, 0.2) is 0 Å². The van der Waals surface area contributed by atoms with Gasteiger partial charge in [0.2, 0.25) is 0 Å². The second kappa shape index (κ2) is 3.69. The number of hydrogen-bond donors (Lipinski definition) is 0. The Balaban J connectivity index is 3.05.